The Balaban J connectivity index is 1.55. The minimum absolute atomic E-state index is 0.426. The first-order chi connectivity index (χ1) is 20.6. The summed E-state index contributed by atoms with van der Waals surface area (Å²) in [7, 11) is 0. The Morgan fingerprint density at radius 2 is 0.884 bits per heavy atom. The van der Waals surface area contributed by atoms with Gasteiger partial charge in [-0.3, -0.25) is 0 Å². The van der Waals surface area contributed by atoms with Crippen molar-refractivity contribution >= 4 is 12.2 Å². The van der Waals surface area contributed by atoms with E-state index in [0.29, 0.717) is 12.8 Å². The van der Waals surface area contributed by atoms with Crippen LogP contribution in [0.5, 0.6) is 11.5 Å². The van der Waals surface area contributed by atoms with E-state index in [1.807, 2.05) is 60.7 Å². The molecule has 4 aromatic carbocycles. The molecule has 1 aliphatic heterocycles. The number of benzene rings is 4. The molecule has 1 fully saturated rings. The second-order valence-electron chi connectivity index (χ2n) is 11.0. The SMILES string of the molecule is FC(F)(F)c1ccccc1[O][Zr]1([O]c2ccccc2C(F)(F)F)[CH]2C(=Cc3ccccc32)CCC2=Cc3ccccc3[CH]21. The molecule has 2 unspecified atom stereocenters. The van der Waals surface area contributed by atoms with E-state index in [0.717, 1.165) is 45.5 Å². The first-order valence-corrected chi connectivity index (χ1v) is 18.7. The van der Waals surface area contributed by atoms with Gasteiger partial charge in [-0.2, -0.15) is 0 Å². The Hall–Kier alpha value is -3.58. The van der Waals surface area contributed by atoms with Crippen molar-refractivity contribution in [2.24, 2.45) is 0 Å². The molecule has 0 spiro atoms. The average Bonchev–Trinajstić information content (AvgIpc) is 3.51. The predicted octanol–water partition coefficient (Wildman–Crippen LogP) is 10.2. The summed E-state index contributed by atoms with van der Waals surface area (Å²) in [6.07, 6.45) is -4.31. The van der Waals surface area contributed by atoms with Crippen LogP contribution in [0.2, 0.25) is 0 Å². The maximum atomic E-state index is 14.4. The molecule has 3 aliphatic rings. The second kappa shape index (κ2) is 10.3. The average molecular weight is 670 g/mol. The van der Waals surface area contributed by atoms with Gasteiger partial charge in [0.25, 0.3) is 0 Å². The number of rotatable bonds is 4. The van der Waals surface area contributed by atoms with E-state index >= 15 is 0 Å². The summed E-state index contributed by atoms with van der Waals surface area (Å²) >= 11 is -5.50. The van der Waals surface area contributed by atoms with E-state index in [1.165, 1.54) is 36.4 Å². The number of fused-ring (bicyclic) bond motifs is 6. The number of hydrogen-bond acceptors (Lipinski definition) is 2. The molecule has 1 heterocycles. The van der Waals surface area contributed by atoms with Crippen molar-refractivity contribution in [2.45, 2.75) is 32.4 Å². The van der Waals surface area contributed by atoms with Gasteiger partial charge in [-0.15, -0.1) is 0 Å². The molecule has 4 aromatic rings. The summed E-state index contributed by atoms with van der Waals surface area (Å²) in [6.45, 7) is 0. The number of para-hydroxylation sites is 2. The van der Waals surface area contributed by atoms with Crippen LogP contribution in [-0.2, 0) is 33.5 Å². The molecule has 2 atom stereocenters. The summed E-state index contributed by atoms with van der Waals surface area (Å²) in [5.74, 6) is -0.852. The molecule has 218 valence electrons. The summed E-state index contributed by atoms with van der Waals surface area (Å²) in [5.41, 5.74) is 3.23. The third kappa shape index (κ3) is 4.77. The van der Waals surface area contributed by atoms with Gasteiger partial charge in [0.1, 0.15) is 0 Å². The zero-order chi connectivity index (χ0) is 30.0. The van der Waals surface area contributed by atoms with Crippen LogP contribution in [0.1, 0.15) is 53.5 Å². The van der Waals surface area contributed by atoms with Crippen molar-refractivity contribution in [1.29, 1.82) is 0 Å². The van der Waals surface area contributed by atoms with Crippen molar-refractivity contribution in [3.05, 3.63) is 142 Å². The Morgan fingerprint density at radius 3 is 1.30 bits per heavy atom. The molecular formula is C34H24F6O2Zr. The van der Waals surface area contributed by atoms with E-state index in [9.17, 15) is 26.3 Å². The van der Waals surface area contributed by atoms with Gasteiger partial charge in [0.15, 0.2) is 0 Å². The molecule has 0 radical (unpaired) electrons. The Bertz CT molecular complexity index is 1660. The predicted molar refractivity (Wildman–Crippen MR) is 148 cm³/mol. The first-order valence-electron chi connectivity index (χ1n) is 13.9. The Morgan fingerprint density at radius 1 is 0.512 bits per heavy atom. The van der Waals surface area contributed by atoms with Crippen LogP contribution in [0.25, 0.3) is 12.2 Å². The normalized spacial score (nSPS) is 20.1. The third-order valence-corrected chi connectivity index (χ3v) is 18.4. The summed E-state index contributed by atoms with van der Waals surface area (Å²) < 4.78 is 98.8. The van der Waals surface area contributed by atoms with E-state index in [-0.39, 0.29) is 0 Å². The van der Waals surface area contributed by atoms with Gasteiger partial charge in [0, 0.05) is 0 Å². The van der Waals surface area contributed by atoms with Gasteiger partial charge in [0.05, 0.1) is 0 Å². The van der Waals surface area contributed by atoms with Gasteiger partial charge < -0.3 is 0 Å². The fourth-order valence-corrected chi connectivity index (χ4v) is 18.5. The molecular weight excluding hydrogens is 646 g/mol. The van der Waals surface area contributed by atoms with Crippen molar-refractivity contribution in [2.75, 3.05) is 0 Å². The fourth-order valence-electron chi connectivity index (χ4n) is 6.79. The fraction of sp³-hybridized carbons (Fsp3) is 0.176. The summed E-state index contributed by atoms with van der Waals surface area (Å²) in [6, 6.07) is 24.9. The number of allylic oxidation sites excluding steroid dienone is 2. The van der Waals surface area contributed by atoms with Crippen molar-refractivity contribution < 1.29 is 53.1 Å². The van der Waals surface area contributed by atoms with Gasteiger partial charge in [-0.05, 0) is 0 Å². The van der Waals surface area contributed by atoms with Crippen molar-refractivity contribution in [1.82, 2.24) is 0 Å². The molecule has 1 saturated heterocycles. The van der Waals surface area contributed by atoms with E-state index in [4.69, 9.17) is 5.63 Å². The summed E-state index contributed by atoms with van der Waals surface area (Å²) in [4.78, 5) is 0. The van der Waals surface area contributed by atoms with Crippen LogP contribution in [0.4, 0.5) is 26.3 Å². The van der Waals surface area contributed by atoms with Crippen LogP contribution >= 0.6 is 0 Å². The topological polar surface area (TPSA) is 18.5 Å². The van der Waals surface area contributed by atoms with E-state index in [2.05, 4.69) is 0 Å². The minimum atomic E-state index is -5.50. The molecule has 43 heavy (non-hydrogen) atoms. The van der Waals surface area contributed by atoms with E-state index < -0.39 is 63.4 Å². The van der Waals surface area contributed by atoms with Crippen LogP contribution in [0.3, 0.4) is 0 Å². The summed E-state index contributed by atoms with van der Waals surface area (Å²) in [5, 5.41) is 0. The molecule has 0 N–H and O–H groups in total. The molecule has 7 rings (SSSR count). The number of hydrogen-bond donors (Lipinski definition) is 0. The molecule has 2 aliphatic carbocycles. The van der Waals surface area contributed by atoms with Gasteiger partial charge in [0.2, 0.25) is 0 Å². The second-order valence-corrected chi connectivity index (χ2v) is 18.4. The standard InChI is InChI=1S/C20H16.2C7H5F3O.Zr/c1-2-6-18-12-15(11-17(18)5-1)9-10-16-13-19-7-3-4-8-20(19)14-16;2*8-7(9,10)5-3-1-2-4-6(5)11;/h1-8,11-14H,9-10H2;2*1-4,11H;/q;;;+2/p-2. The van der Waals surface area contributed by atoms with Gasteiger partial charge in [-0.25, -0.2) is 0 Å². The molecule has 0 bridgehead atoms. The molecule has 0 aromatic heterocycles. The number of alkyl halides is 6. The zero-order valence-corrected chi connectivity index (χ0v) is 25.0. The molecule has 2 nitrogen and oxygen atoms in total. The van der Waals surface area contributed by atoms with Crippen LogP contribution in [0.15, 0.2) is 108 Å². The maximum absolute atomic E-state index is 14.4. The molecule has 9 heteroatoms. The Labute approximate surface area is 249 Å². The monoisotopic (exact) mass is 668 g/mol. The van der Waals surface area contributed by atoms with Crippen LogP contribution in [-0.4, -0.2) is 0 Å². The molecule has 0 amide bonds. The van der Waals surface area contributed by atoms with Crippen LogP contribution in [0, 0.1) is 0 Å². The van der Waals surface area contributed by atoms with Crippen LogP contribution < -0.4 is 5.63 Å². The number of halogens is 6. The van der Waals surface area contributed by atoms with Crippen molar-refractivity contribution in [3.63, 3.8) is 0 Å². The first kappa shape index (κ1) is 28.2. The Kier molecular flexibility index (Phi) is 6.73. The van der Waals surface area contributed by atoms with Gasteiger partial charge >= 0.3 is 251 Å². The quantitative estimate of drug-likeness (QED) is 0.201. The third-order valence-electron chi connectivity index (χ3n) is 8.47. The van der Waals surface area contributed by atoms with Crippen molar-refractivity contribution in [3.8, 4) is 11.5 Å². The molecule has 0 saturated carbocycles. The van der Waals surface area contributed by atoms with E-state index in [1.54, 1.807) is 0 Å². The zero-order valence-electron chi connectivity index (χ0n) is 22.5. The van der Waals surface area contributed by atoms with Gasteiger partial charge in [-0.1, -0.05) is 0 Å².